The summed E-state index contributed by atoms with van der Waals surface area (Å²) in [5.74, 6) is -0.462. The molecular weight excluding hydrogens is 465 g/mol. The van der Waals surface area contributed by atoms with Gasteiger partial charge in [-0.3, -0.25) is 4.98 Å². The van der Waals surface area contributed by atoms with Crippen molar-refractivity contribution >= 4 is 34.1 Å². The lowest BCUT2D eigenvalue weighted by atomic mass is 9.97. The van der Waals surface area contributed by atoms with E-state index in [1.54, 1.807) is 36.4 Å². The Bertz CT molecular complexity index is 1340. The van der Waals surface area contributed by atoms with Crippen molar-refractivity contribution in [3.05, 3.63) is 81.7 Å². The first-order chi connectivity index (χ1) is 15.1. The maximum Gasteiger partial charge on any atom is 0.416 e. The number of rotatable bonds is 3. The highest BCUT2D eigenvalue weighted by atomic mass is 35.5. The molecule has 0 aliphatic heterocycles. The van der Waals surface area contributed by atoms with Crippen LogP contribution in [0, 0.1) is 12.7 Å². The topological polar surface area (TPSA) is 22.1 Å². The molecule has 32 heavy (non-hydrogen) atoms. The highest BCUT2D eigenvalue weighted by molar-refractivity contribution is 6.39. The first-order valence-electron chi connectivity index (χ1n) is 9.41. The first kappa shape index (κ1) is 22.4. The van der Waals surface area contributed by atoms with Crippen molar-refractivity contribution in [2.75, 3.05) is 7.11 Å². The van der Waals surface area contributed by atoms with E-state index in [0.717, 1.165) is 17.7 Å². The Labute approximate surface area is 191 Å². The van der Waals surface area contributed by atoms with Crippen molar-refractivity contribution in [2.45, 2.75) is 13.1 Å². The van der Waals surface area contributed by atoms with Gasteiger partial charge in [0.2, 0.25) is 0 Å². The van der Waals surface area contributed by atoms with Crippen LogP contribution in [0.15, 0.2) is 54.6 Å². The molecule has 0 atom stereocenters. The summed E-state index contributed by atoms with van der Waals surface area (Å²) in [4.78, 5) is 4.60. The predicted molar refractivity (Wildman–Crippen MR) is 119 cm³/mol. The number of hydrogen-bond donors (Lipinski definition) is 0. The summed E-state index contributed by atoms with van der Waals surface area (Å²) in [6, 6.07) is 12.6. The Hall–Kier alpha value is -2.83. The van der Waals surface area contributed by atoms with Crippen molar-refractivity contribution < 1.29 is 22.3 Å². The maximum absolute atomic E-state index is 14.3. The van der Waals surface area contributed by atoms with Gasteiger partial charge < -0.3 is 4.74 Å². The largest absolute Gasteiger partial charge is 0.495 e. The Morgan fingerprint density at radius 2 is 1.56 bits per heavy atom. The number of aryl methyl sites for hydroxylation is 1. The lowest BCUT2D eigenvalue weighted by Crippen LogP contribution is -2.05. The van der Waals surface area contributed by atoms with E-state index in [-0.39, 0.29) is 5.56 Å². The highest BCUT2D eigenvalue weighted by Gasteiger charge is 2.31. The summed E-state index contributed by atoms with van der Waals surface area (Å²) in [6.45, 7) is 1.81. The van der Waals surface area contributed by atoms with Crippen LogP contribution in [0.3, 0.4) is 0 Å². The fourth-order valence-electron chi connectivity index (χ4n) is 3.58. The second-order valence-corrected chi connectivity index (χ2v) is 7.94. The van der Waals surface area contributed by atoms with Crippen LogP contribution >= 0.6 is 23.2 Å². The van der Waals surface area contributed by atoms with Crippen molar-refractivity contribution in [1.82, 2.24) is 4.98 Å². The summed E-state index contributed by atoms with van der Waals surface area (Å²) >= 11 is 12.9. The molecule has 0 aliphatic rings. The molecule has 0 fully saturated rings. The molecule has 164 valence electrons. The molecule has 0 N–H and O–H groups in total. The molecule has 0 spiro atoms. The number of methoxy groups -OCH3 is 1. The molecule has 0 saturated carbocycles. The summed E-state index contributed by atoms with van der Waals surface area (Å²) < 4.78 is 58.0. The molecule has 4 rings (SSSR count). The minimum absolute atomic E-state index is 0.0721. The lowest BCUT2D eigenvalue weighted by molar-refractivity contribution is -0.137. The van der Waals surface area contributed by atoms with Crippen molar-refractivity contribution in [2.24, 2.45) is 0 Å². The number of halogens is 6. The molecule has 8 heteroatoms. The number of aromatic nitrogens is 1. The predicted octanol–water partition coefficient (Wildman–Crippen LogP) is 8.35. The third-order valence-corrected chi connectivity index (χ3v) is 5.84. The summed E-state index contributed by atoms with van der Waals surface area (Å²) in [7, 11) is 1.51. The van der Waals surface area contributed by atoms with Crippen LogP contribution < -0.4 is 4.74 Å². The fraction of sp³-hybridized carbons (Fsp3) is 0.125. The van der Waals surface area contributed by atoms with Crippen molar-refractivity contribution in [3.8, 4) is 28.0 Å². The molecule has 4 aromatic rings. The molecule has 0 aliphatic carbocycles. The molecule has 0 radical (unpaired) electrons. The smallest absolute Gasteiger partial charge is 0.416 e. The van der Waals surface area contributed by atoms with Gasteiger partial charge in [-0.2, -0.15) is 13.2 Å². The van der Waals surface area contributed by atoms with E-state index in [0.29, 0.717) is 49.6 Å². The molecule has 3 aromatic carbocycles. The van der Waals surface area contributed by atoms with Crippen LogP contribution in [0.25, 0.3) is 33.2 Å². The van der Waals surface area contributed by atoms with Gasteiger partial charge in [-0.1, -0.05) is 53.5 Å². The average Bonchev–Trinajstić information content (AvgIpc) is 2.74. The summed E-state index contributed by atoms with van der Waals surface area (Å²) in [5.41, 5.74) is 2.18. The van der Waals surface area contributed by atoms with E-state index in [1.807, 2.05) is 6.92 Å². The maximum atomic E-state index is 14.3. The first-order valence-corrected chi connectivity index (χ1v) is 10.2. The van der Waals surface area contributed by atoms with Crippen molar-refractivity contribution in [3.63, 3.8) is 0 Å². The number of benzene rings is 3. The lowest BCUT2D eigenvalue weighted by Gasteiger charge is -2.14. The number of alkyl halides is 3. The minimum Gasteiger partial charge on any atom is -0.495 e. The van der Waals surface area contributed by atoms with Crippen LogP contribution in [0.2, 0.25) is 10.0 Å². The van der Waals surface area contributed by atoms with Crippen LogP contribution in [-0.4, -0.2) is 12.1 Å². The molecule has 0 saturated heterocycles. The normalized spacial score (nSPS) is 11.8. The minimum atomic E-state index is -4.60. The Morgan fingerprint density at radius 1 is 0.906 bits per heavy atom. The molecule has 1 heterocycles. The van der Waals surface area contributed by atoms with Crippen LogP contribution in [-0.2, 0) is 6.18 Å². The van der Waals surface area contributed by atoms with Crippen molar-refractivity contribution in [1.29, 1.82) is 0 Å². The SMILES string of the molecule is COc1cc2nc(C)c(-c3ccc(-c4ccc(C(F)(F)F)cc4F)cc3)c(Cl)c2cc1Cl. The molecule has 0 bridgehead atoms. The van der Waals surface area contributed by atoms with Gasteiger partial charge >= 0.3 is 6.18 Å². The quantitative estimate of drug-likeness (QED) is 0.275. The Kier molecular flexibility index (Phi) is 5.77. The number of nitrogens with zero attached hydrogens (tertiary/aromatic N) is 1. The second-order valence-electron chi connectivity index (χ2n) is 7.16. The zero-order valence-electron chi connectivity index (χ0n) is 16.8. The van der Waals surface area contributed by atoms with E-state index >= 15 is 0 Å². The van der Waals surface area contributed by atoms with Gasteiger partial charge in [0.15, 0.2) is 0 Å². The van der Waals surface area contributed by atoms with Gasteiger partial charge in [-0.15, -0.1) is 0 Å². The number of fused-ring (bicyclic) bond motifs is 1. The molecular formula is C24H15Cl2F4NO. The van der Waals surface area contributed by atoms with Gasteiger partial charge in [-0.05, 0) is 36.2 Å². The van der Waals surface area contributed by atoms with Gasteiger partial charge in [0, 0.05) is 28.3 Å². The Morgan fingerprint density at radius 3 is 2.16 bits per heavy atom. The number of hydrogen-bond acceptors (Lipinski definition) is 2. The van der Waals surface area contributed by atoms with Crippen LogP contribution in [0.1, 0.15) is 11.3 Å². The second kappa shape index (κ2) is 8.26. The molecule has 0 amide bonds. The number of ether oxygens (including phenoxy) is 1. The zero-order valence-corrected chi connectivity index (χ0v) is 18.3. The monoisotopic (exact) mass is 479 g/mol. The summed E-state index contributed by atoms with van der Waals surface area (Å²) in [5, 5.41) is 1.49. The zero-order chi connectivity index (χ0) is 23.2. The van der Waals surface area contributed by atoms with E-state index in [1.165, 1.54) is 7.11 Å². The average molecular weight is 480 g/mol. The molecule has 1 aromatic heterocycles. The van der Waals surface area contributed by atoms with Gasteiger partial charge in [0.05, 0.1) is 28.2 Å². The van der Waals surface area contributed by atoms with E-state index in [9.17, 15) is 17.6 Å². The van der Waals surface area contributed by atoms with Crippen LogP contribution in [0.5, 0.6) is 5.75 Å². The van der Waals surface area contributed by atoms with Gasteiger partial charge in [-0.25, -0.2) is 4.39 Å². The van der Waals surface area contributed by atoms with E-state index < -0.39 is 17.6 Å². The van der Waals surface area contributed by atoms with Gasteiger partial charge in [0.1, 0.15) is 11.6 Å². The molecule has 0 unspecified atom stereocenters. The summed E-state index contributed by atoms with van der Waals surface area (Å²) in [6.07, 6.45) is -4.60. The Balaban J connectivity index is 1.76. The number of pyridine rings is 1. The third-order valence-electron chi connectivity index (χ3n) is 5.16. The van der Waals surface area contributed by atoms with E-state index in [4.69, 9.17) is 27.9 Å². The van der Waals surface area contributed by atoms with Gasteiger partial charge in [0.25, 0.3) is 0 Å². The highest BCUT2D eigenvalue weighted by Crippen LogP contribution is 2.40. The molecule has 2 nitrogen and oxygen atoms in total. The van der Waals surface area contributed by atoms with E-state index in [2.05, 4.69) is 4.98 Å². The van der Waals surface area contributed by atoms with Crippen LogP contribution in [0.4, 0.5) is 17.6 Å². The standard InChI is InChI=1S/C24H15Cl2F4NO/c1-12-22(23(26)17-10-18(25)21(32-2)11-20(17)31-12)14-5-3-13(4-6-14)16-8-7-15(9-19(16)27)24(28,29)30/h3-11H,1-2H3. The third kappa shape index (κ3) is 4.00. The fourth-order valence-corrected chi connectivity index (χ4v) is 4.21.